The number of aryl methyl sites for hydroxylation is 1. The first-order valence-electron chi connectivity index (χ1n) is 8.95. The zero-order chi connectivity index (χ0) is 19.7. The molecule has 4 nitrogen and oxygen atoms in total. The Morgan fingerprint density at radius 2 is 1.39 bits per heavy atom. The lowest BCUT2D eigenvalue weighted by atomic mass is 10.2. The number of rotatable bonds is 4. The number of methoxy groups -OCH3 is 1. The van der Waals surface area contributed by atoms with Crippen LogP contribution in [0.25, 0.3) is 10.9 Å². The summed E-state index contributed by atoms with van der Waals surface area (Å²) in [5.74, 6) is 0.686. The van der Waals surface area contributed by atoms with Crippen LogP contribution in [0, 0.1) is 0 Å². The third kappa shape index (κ3) is 2.87. The van der Waals surface area contributed by atoms with Crippen molar-refractivity contribution in [3.05, 3.63) is 95.3 Å². The number of pyridine rings is 1. The Bertz CT molecular complexity index is 1200. The van der Waals surface area contributed by atoms with Crippen molar-refractivity contribution >= 4 is 34.0 Å². The molecule has 0 amide bonds. The van der Waals surface area contributed by atoms with Gasteiger partial charge in [-0.25, -0.2) is 0 Å². The zero-order valence-electron chi connectivity index (χ0n) is 15.7. The number of nitrogens with zero attached hydrogens (tertiary/aromatic N) is 1. The maximum Gasteiger partial charge on any atom is 0.262 e. The minimum absolute atomic E-state index is 0.256. The Morgan fingerprint density at radius 3 is 1.93 bits per heavy atom. The van der Waals surface area contributed by atoms with E-state index in [1.807, 2.05) is 78.9 Å². The SMILES string of the molecule is COc1ccc2c(c1)cc(P(=O)(c1ccccc1)c1ccccc1)c(=O)n2C. The molecule has 0 bridgehead atoms. The van der Waals surface area contributed by atoms with Gasteiger partial charge in [-0.2, -0.15) is 0 Å². The predicted octanol–water partition coefficient (Wildman–Crippen LogP) is 3.19. The second-order valence-corrected chi connectivity index (χ2v) is 9.33. The summed E-state index contributed by atoms with van der Waals surface area (Å²) in [6.45, 7) is 0. The van der Waals surface area contributed by atoms with E-state index in [2.05, 4.69) is 0 Å². The Morgan fingerprint density at radius 1 is 0.821 bits per heavy atom. The lowest BCUT2D eigenvalue weighted by Gasteiger charge is -2.21. The molecule has 0 atom stereocenters. The van der Waals surface area contributed by atoms with E-state index >= 15 is 0 Å². The summed E-state index contributed by atoms with van der Waals surface area (Å²) in [6.07, 6.45) is 0. The van der Waals surface area contributed by atoms with Crippen molar-refractivity contribution in [3.63, 3.8) is 0 Å². The van der Waals surface area contributed by atoms with Gasteiger partial charge in [0.1, 0.15) is 5.75 Å². The van der Waals surface area contributed by atoms with Crippen molar-refractivity contribution in [1.82, 2.24) is 4.57 Å². The molecule has 1 aromatic heterocycles. The lowest BCUT2D eigenvalue weighted by Crippen LogP contribution is -2.38. The highest BCUT2D eigenvalue weighted by atomic mass is 31.2. The maximum absolute atomic E-state index is 14.5. The van der Waals surface area contributed by atoms with Crippen LogP contribution in [0.3, 0.4) is 0 Å². The fraction of sp³-hybridized carbons (Fsp3) is 0.0870. The molecule has 0 fully saturated rings. The Labute approximate surface area is 163 Å². The van der Waals surface area contributed by atoms with Crippen molar-refractivity contribution in [3.8, 4) is 5.75 Å². The maximum atomic E-state index is 14.5. The zero-order valence-corrected chi connectivity index (χ0v) is 16.6. The molecular formula is C23H20NO3P. The molecule has 0 aliphatic rings. The third-order valence-corrected chi connectivity index (χ3v) is 8.04. The van der Waals surface area contributed by atoms with Gasteiger partial charge in [-0.05, 0) is 24.3 Å². The number of hydrogen-bond acceptors (Lipinski definition) is 3. The van der Waals surface area contributed by atoms with Gasteiger partial charge in [0, 0.05) is 23.0 Å². The molecule has 3 aromatic carbocycles. The molecule has 5 heteroatoms. The van der Waals surface area contributed by atoms with Gasteiger partial charge in [-0.15, -0.1) is 0 Å². The molecule has 140 valence electrons. The van der Waals surface area contributed by atoms with Crippen molar-refractivity contribution in [1.29, 1.82) is 0 Å². The second kappa shape index (κ2) is 7.14. The lowest BCUT2D eigenvalue weighted by molar-refractivity contribution is 0.415. The van der Waals surface area contributed by atoms with Crippen molar-refractivity contribution < 1.29 is 9.30 Å². The standard InChI is InChI=1S/C23H20NO3P/c1-24-21-14-13-18(27-2)15-17(21)16-22(23(24)25)28(26,19-9-5-3-6-10-19)20-11-7-4-8-12-20/h3-16H,1-2H3. The van der Waals surface area contributed by atoms with Crippen LogP contribution in [-0.2, 0) is 11.6 Å². The topological polar surface area (TPSA) is 48.3 Å². The van der Waals surface area contributed by atoms with Gasteiger partial charge in [-0.3, -0.25) is 4.79 Å². The summed E-state index contributed by atoms with van der Waals surface area (Å²) in [5, 5.41) is 2.39. The van der Waals surface area contributed by atoms with Crippen LogP contribution in [-0.4, -0.2) is 11.7 Å². The summed E-state index contributed by atoms with van der Waals surface area (Å²) >= 11 is 0. The highest BCUT2D eigenvalue weighted by Gasteiger charge is 2.33. The number of ether oxygens (including phenoxy) is 1. The molecule has 4 aromatic rings. The minimum atomic E-state index is -3.34. The first-order chi connectivity index (χ1) is 13.6. The predicted molar refractivity (Wildman–Crippen MR) is 115 cm³/mol. The normalized spacial score (nSPS) is 11.5. The molecule has 4 rings (SSSR count). The van der Waals surface area contributed by atoms with Crippen LogP contribution >= 0.6 is 7.14 Å². The van der Waals surface area contributed by atoms with Crippen LogP contribution in [0.15, 0.2) is 89.7 Å². The molecule has 28 heavy (non-hydrogen) atoms. The van der Waals surface area contributed by atoms with Crippen molar-refractivity contribution in [2.75, 3.05) is 7.11 Å². The molecule has 0 aliphatic heterocycles. The first kappa shape index (κ1) is 18.3. The van der Waals surface area contributed by atoms with Gasteiger partial charge in [0.05, 0.1) is 17.9 Å². The Balaban J connectivity index is 2.10. The summed E-state index contributed by atoms with van der Waals surface area (Å²) in [6, 6.07) is 25.7. The molecule has 0 saturated heterocycles. The average molecular weight is 389 g/mol. The summed E-state index contributed by atoms with van der Waals surface area (Å²) < 4.78 is 21.4. The highest BCUT2D eigenvalue weighted by molar-refractivity contribution is 7.85. The minimum Gasteiger partial charge on any atom is -0.497 e. The largest absolute Gasteiger partial charge is 0.497 e. The number of aromatic nitrogens is 1. The van der Waals surface area contributed by atoms with Crippen molar-refractivity contribution in [2.24, 2.45) is 7.05 Å². The average Bonchev–Trinajstić information content (AvgIpc) is 2.76. The van der Waals surface area contributed by atoms with Gasteiger partial charge < -0.3 is 13.9 Å². The van der Waals surface area contributed by atoms with E-state index in [1.54, 1.807) is 24.8 Å². The van der Waals surface area contributed by atoms with E-state index in [-0.39, 0.29) is 5.56 Å². The van der Waals surface area contributed by atoms with Crippen LogP contribution in [0.1, 0.15) is 0 Å². The Kier molecular flexibility index (Phi) is 4.66. The fourth-order valence-electron chi connectivity index (χ4n) is 3.50. The first-order valence-corrected chi connectivity index (χ1v) is 10.7. The van der Waals surface area contributed by atoms with Gasteiger partial charge in [0.15, 0.2) is 7.14 Å². The van der Waals surface area contributed by atoms with E-state index in [0.717, 1.165) is 10.9 Å². The number of hydrogen-bond donors (Lipinski definition) is 0. The van der Waals surface area contributed by atoms with Crippen LogP contribution in [0.2, 0.25) is 0 Å². The molecular weight excluding hydrogens is 369 g/mol. The van der Waals surface area contributed by atoms with Crippen molar-refractivity contribution in [2.45, 2.75) is 0 Å². The van der Waals surface area contributed by atoms with E-state index in [4.69, 9.17) is 4.74 Å². The molecule has 0 spiro atoms. The molecule has 0 saturated carbocycles. The monoisotopic (exact) mass is 389 g/mol. The van der Waals surface area contributed by atoms with Gasteiger partial charge in [-0.1, -0.05) is 60.7 Å². The smallest absolute Gasteiger partial charge is 0.262 e. The second-order valence-electron chi connectivity index (χ2n) is 6.60. The quantitative estimate of drug-likeness (QED) is 0.504. The fourth-order valence-corrected chi connectivity index (χ4v) is 6.28. The molecule has 0 N–H and O–H groups in total. The van der Waals surface area contributed by atoms with Gasteiger partial charge in [0.25, 0.3) is 5.56 Å². The number of benzene rings is 3. The van der Waals surface area contributed by atoms with Crippen LogP contribution in [0.5, 0.6) is 5.75 Å². The molecule has 1 heterocycles. The van der Waals surface area contributed by atoms with E-state index in [9.17, 15) is 9.36 Å². The Hall–Kier alpha value is -3.10. The van der Waals surface area contributed by atoms with Crippen LogP contribution in [0.4, 0.5) is 0 Å². The summed E-state index contributed by atoms with van der Waals surface area (Å²) in [7, 11) is -0.0337. The molecule has 0 radical (unpaired) electrons. The van der Waals surface area contributed by atoms with E-state index in [1.165, 1.54) is 0 Å². The van der Waals surface area contributed by atoms with E-state index < -0.39 is 7.14 Å². The highest BCUT2D eigenvalue weighted by Crippen LogP contribution is 2.41. The third-order valence-electron chi connectivity index (χ3n) is 4.99. The molecule has 0 unspecified atom stereocenters. The summed E-state index contributed by atoms with van der Waals surface area (Å²) in [5.41, 5.74) is 0.510. The van der Waals surface area contributed by atoms with Gasteiger partial charge >= 0.3 is 0 Å². The van der Waals surface area contributed by atoms with Gasteiger partial charge in [0.2, 0.25) is 0 Å². The molecule has 0 aliphatic carbocycles. The summed E-state index contributed by atoms with van der Waals surface area (Å²) in [4.78, 5) is 13.3. The number of fused-ring (bicyclic) bond motifs is 1. The van der Waals surface area contributed by atoms with Crippen LogP contribution < -0.4 is 26.2 Å². The van der Waals surface area contributed by atoms with E-state index in [0.29, 0.717) is 21.7 Å².